The van der Waals surface area contributed by atoms with Gasteiger partial charge in [0.05, 0.1) is 11.3 Å². The van der Waals surface area contributed by atoms with E-state index in [1.165, 1.54) is 6.07 Å². The molecule has 4 nitrogen and oxygen atoms in total. The van der Waals surface area contributed by atoms with Gasteiger partial charge < -0.3 is 5.32 Å². The highest BCUT2D eigenvalue weighted by molar-refractivity contribution is 9.10. The molecular weight excluding hydrogens is 390 g/mol. The van der Waals surface area contributed by atoms with Crippen molar-refractivity contribution in [2.75, 3.05) is 11.6 Å². The quantitative estimate of drug-likeness (QED) is 0.848. The molecule has 2 aromatic carbocycles. The molecule has 0 saturated carbocycles. The molecule has 0 fully saturated rings. The van der Waals surface area contributed by atoms with Crippen molar-refractivity contribution >= 4 is 49.0 Å². The summed E-state index contributed by atoms with van der Waals surface area (Å²) in [6, 6.07) is 11.7. The number of rotatable bonds is 4. The molecule has 0 spiro atoms. The molecule has 0 aromatic heterocycles. The fourth-order valence-electron chi connectivity index (χ4n) is 1.89. The number of carbonyl (C=O) groups is 1. The van der Waals surface area contributed by atoms with Crippen LogP contribution < -0.4 is 5.32 Å². The number of hydrogen-bond acceptors (Lipinski definition) is 3. The number of halogens is 2. The van der Waals surface area contributed by atoms with Gasteiger partial charge in [0.25, 0.3) is 0 Å². The van der Waals surface area contributed by atoms with E-state index in [2.05, 4.69) is 21.2 Å². The summed E-state index contributed by atoms with van der Waals surface area (Å²) in [5, 5.41) is 3.19. The Hall–Kier alpha value is -1.37. The third kappa shape index (κ3) is 4.32. The van der Waals surface area contributed by atoms with Crippen molar-refractivity contribution < 1.29 is 13.2 Å². The van der Waals surface area contributed by atoms with Gasteiger partial charge in [0.15, 0.2) is 9.84 Å². The van der Waals surface area contributed by atoms with Gasteiger partial charge in [-0.25, -0.2) is 8.42 Å². The van der Waals surface area contributed by atoms with Crippen LogP contribution in [0, 0.1) is 0 Å². The van der Waals surface area contributed by atoms with E-state index in [-0.39, 0.29) is 17.2 Å². The first-order valence-corrected chi connectivity index (χ1v) is 9.36. The molecule has 0 unspecified atom stereocenters. The molecule has 1 amide bonds. The van der Waals surface area contributed by atoms with Crippen molar-refractivity contribution in [3.8, 4) is 0 Å². The average molecular weight is 403 g/mol. The van der Waals surface area contributed by atoms with Crippen LogP contribution in [0.15, 0.2) is 51.8 Å². The summed E-state index contributed by atoms with van der Waals surface area (Å²) in [6.07, 6.45) is 1.23. The summed E-state index contributed by atoms with van der Waals surface area (Å²) < 4.78 is 23.8. The number of nitrogens with one attached hydrogen (secondary N) is 1. The number of carbonyl (C=O) groups excluding carboxylic acids is 1. The molecule has 0 aliphatic heterocycles. The molecule has 2 rings (SSSR count). The average Bonchev–Trinajstić information content (AvgIpc) is 2.42. The fourth-order valence-corrected chi connectivity index (χ4v) is 3.98. The van der Waals surface area contributed by atoms with Crippen LogP contribution in [-0.4, -0.2) is 20.6 Å². The van der Waals surface area contributed by atoms with Crippen LogP contribution >= 0.6 is 27.5 Å². The van der Waals surface area contributed by atoms with E-state index in [1.54, 1.807) is 36.4 Å². The van der Waals surface area contributed by atoms with Crippen molar-refractivity contribution in [1.29, 1.82) is 0 Å². The molecule has 0 bridgehead atoms. The smallest absolute Gasteiger partial charge is 0.228 e. The summed E-state index contributed by atoms with van der Waals surface area (Å²) in [5.74, 6) is -0.269. The Morgan fingerprint density at radius 2 is 1.91 bits per heavy atom. The van der Waals surface area contributed by atoms with Crippen LogP contribution in [-0.2, 0) is 21.1 Å². The van der Waals surface area contributed by atoms with E-state index < -0.39 is 9.84 Å². The summed E-state index contributed by atoms with van der Waals surface area (Å²) in [6.45, 7) is 0. The summed E-state index contributed by atoms with van der Waals surface area (Å²) in [4.78, 5) is 12.2. The second-order valence-corrected chi connectivity index (χ2v) is 7.98. The van der Waals surface area contributed by atoms with E-state index in [0.717, 1.165) is 6.26 Å². The third-order valence-corrected chi connectivity index (χ3v) is 5.38. The topological polar surface area (TPSA) is 63.2 Å². The van der Waals surface area contributed by atoms with Gasteiger partial charge in [0.2, 0.25) is 5.91 Å². The molecule has 0 saturated heterocycles. The lowest BCUT2D eigenvalue weighted by Crippen LogP contribution is -2.15. The van der Waals surface area contributed by atoms with Crippen LogP contribution in [0.4, 0.5) is 5.69 Å². The Kier molecular flexibility index (Phi) is 5.26. The predicted octanol–water partition coefficient (Wildman–Crippen LogP) is 3.69. The lowest BCUT2D eigenvalue weighted by atomic mass is 10.1. The Bertz CT molecular complexity index is 821. The number of amides is 1. The van der Waals surface area contributed by atoms with E-state index in [1.807, 2.05) is 0 Å². The largest absolute Gasteiger partial charge is 0.326 e. The Morgan fingerprint density at radius 1 is 1.23 bits per heavy atom. The van der Waals surface area contributed by atoms with Crippen molar-refractivity contribution in [2.45, 2.75) is 11.3 Å². The third-order valence-electron chi connectivity index (χ3n) is 2.92. The molecule has 0 atom stereocenters. The summed E-state index contributed by atoms with van der Waals surface area (Å²) >= 11 is 9.20. The standard InChI is InChI=1S/C15H13BrClNO3S/c1-22(20,21)14-9-11(6-7-12(14)16)18-15(19)8-10-4-2-3-5-13(10)17/h2-7,9H,8H2,1H3,(H,18,19). The molecule has 0 aliphatic rings. The minimum absolute atomic E-state index is 0.115. The first kappa shape index (κ1) is 17.0. The number of anilines is 1. The molecule has 0 heterocycles. The van der Waals surface area contributed by atoms with Gasteiger partial charge in [-0.15, -0.1) is 0 Å². The van der Waals surface area contributed by atoms with E-state index in [4.69, 9.17) is 11.6 Å². The first-order valence-electron chi connectivity index (χ1n) is 6.30. The number of sulfone groups is 1. The summed E-state index contributed by atoms with van der Waals surface area (Å²) in [5.41, 5.74) is 1.13. The van der Waals surface area contributed by atoms with Gasteiger partial charge in [-0.2, -0.15) is 0 Å². The zero-order chi connectivity index (χ0) is 16.3. The zero-order valence-corrected chi connectivity index (χ0v) is 14.8. The molecule has 0 aliphatic carbocycles. The fraction of sp³-hybridized carbons (Fsp3) is 0.133. The Labute approximate surface area is 142 Å². The Balaban J connectivity index is 2.18. The van der Waals surface area contributed by atoms with Crippen LogP contribution in [0.5, 0.6) is 0 Å². The molecule has 7 heteroatoms. The normalized spacial score (nSPS) is 11.2. The maximum absolute atomic E-state index is 12.0. The summed E-state index contributed by atoms with van der Waals surface area (Å²) in [7, 11) is -3.38. The molecule has 0 radical (unpaired) electrons. The van der Waals surface area contributed by atoms with Crippen molar-refractivity contribution in [3.63, 3.8) is 0 Å². The molecule has 116 valence electrons. The van der Waals surface area contributed by atoms with Crippen molar-refractivity contribution in [1.82, 2.24) is 0 Å². The molecule has 1 N–H and O–H groups in total. The van der Waals surface area contributed by atoms with Crippen molar-refractivity contribution in [3.05, 3.63) is 57.5 Å². The van der Waals surface area contributed by atoms with Crippen molar-refractivity contribution in [2.24, 2.45) is 0 Å². The number of hydrogen-bond donors (Lipinski definition) is 1. The highest BCUT2D eigenvalue weighted by atomic mass is 79.9. The highest BCUT2D eigenvalue weighted by Crippen LogP contribution is 2.25. The predicted molar refractivity (Wildman–Crippen MR) is 91.0 cm³/mol. The highest BCUT2D eigenvalue weighted by Gasteiger charge is 2.14. The lowest BCUT2D eigenvalue weighted by Gasteiger charge is -2.09. The van der Waals surface area contributed by atoms with E-state index in [9.17, 15) is 13.2 Å². The number of benzene rings is 2. The van der Waals surface area contributed by atoms with Gasteiger partial charge in [-0.3, -0.25) is 4.79 Å². The second-order valence-electron chi connectivity index (χ2n) is 4.73. The minimum Gasteiger partial charge on any atom is -0.326 e. The van der Waals surface area contributed by atoms with E-state index >= 15 is 0 Å². The van der Waals surface area contributed by atoms with Gasteiger partial charge in [0, 0.05) is 21.4 Å². The van der Waals surface area contributed by atoms with Crippen LogP contribution in [0.2, 0.25) is 5.02 Å². The first-order chi connectivity index (χ1) is 10.3. The molecular formula is C15H13BrClNO3S. The zero-order valence-electron chi connectivity index (χ0n) is 11.6. The van der Waals surface area contributed by atoms with Gasteiger partial charge in [-0.05, 0) is 45.8 Å². The minimum atomic E-state index is -3.38. The maximum Gasteiger partial charge on any atom is 0.228 e. The monoisotopic (exact) mass is 401 g/mol. The second kappa shape index (κ2) is 6.81. The lowest BCUT2D eigenvalue weighted by molar-refractivity contribution is -0.115. The maximum atomic E-state index is 12.0. The Morgan fingerprint density at radius 3 is 2.55 bits per heavy atom. The molecule has 22 heavy (non-hydrogen) atoms. The van der Waals surface area contributed by atoms with Crippen LogP contribution in [0.1, 0.15) is 5.56 Å². The van der Waals surface area contributed by atoms with E-state index in [0.29, 0.717) is 20.7 Å². The van der Waals surface area contributed by atoms with Crippen LogP contribution in [0.3, 0.4) is 0 Å². The van der Waals surface area contributed by atoms with Gasteiger partial charge in [-0.1, -0.05) is 29.8 Å². The molecule has 2 aromatic rings. The van der Waals surface area contributed by atoms with Gasteiger partial charge >= 0.3 is 0 Å². The SMILES string of the molecule is CS(=O)(=O)c1cc(NC(=O)Cc2ccccc2Cl)ccc1Br. The van der Waals surface area contributed by atoms with Crippen LogP contribution in [0.25, 0.3) is 0 Å². The van der Waals surface area contributed by atoms with Gasteiger partial charge in [0.1, 0.15) is 0 Å².